The van der Waals surface area contributed by atoms with Crippen LogP contribution in [0.1, 0.15) is 78.9 Å². The molecule has 3 aliphatic heterocycles. The third-order valence-corrected chi connectivity index (χ3v) is 8.47. The number of amides is 1. The van der Waals surface area contributed by atoms with E-state index in [-0.39, 0.29) is 17.1 Å². The lowest BCUT2D eigenvalue weighted by molar-refractivity contribution is -0.000995. The molecule has 0 radical (unpaired) electrons. The van der Waals surface area contributed by atoms with E-state index < -0.39 is 11.6 Å². The number of benzene rings is 2. The maximum atomic E-state index is 12.7. The zero-order valence-electron chi connectivity index (χ0n) is 21.1. The second kappa shape index (κ2) is 8.51. The Balaban J connectivity index is 1.14. The van der Waals surface area contributed by atoms with Crippen molar-refractivity contribution in [1.82, 2.24) is 4.90 Å². The van der Waals surface area contributed by atoms with Gasteiger partial charge in [0.05, 0.1) is 18.7 Å². The first-order chi connectivity index (χ1) is 17.2. The van der Waals surface area contributed by atoms with Gasteiger partial charge in [0.2, 0.25) is 0 Å². The minimum absolute atomic E-state index is 0.128. The number of carbonyl (C=O) groups excluding carboxylic acids is 1. The lowest BCUT2D eigenvalue weighted by Crippen LogP contribution is -2.46. The average Bonchev–Trinajstić information content (AvgIpc) is 3.65. The molecule has 36 heavy (non-hydrogen) atoms. The summed E-state index contributed by atoms with van der Waals surface area (Å²) in [5.41, 5.74) is 4.64. The highest BCUT2D eigenvalue weighted by atomic mass is 16.6. The number of fused-ring (bicyclic) bond motifs is 1. The van der Waals surface area contributed by atoms with Crippen LogP contribution >= 0.6 is 0 Å². The van der Waals surface area contributed by atoms with E-state index >= 15 is 0 Å². The molecule has 0 atom stereocenters. The SMILES string of the molecule is CC1(C)CCOc2c(C3CC3)cc(CN3CCC4(CC3)CN(c3ccc(C(=O)O)cc3)C(=O)O4)cc21. The molecule has 4 aliphatic rings. The summed E-state index contributed by atoms with van der Waals surface area (Å²) < 4.78 is 12.1. The molecule has 3 fully saturated rings. The predicted octanol–water partition coefficient (Wildman–Crippen LogP) is 5.31. The molecule has 1 amide bonds. The van der Waals surface area contributed by atoms with Crippen molar-refractivity contribution in [3.8, 4) is 5.75 Å². The van der Waals surface area contributed by atoms with Crippen LogP contribution in [0.2, 0.25) is 0 Å². The molecule has 6 rings (SSSR count). The van der Waals surface area contributed by atoms with E-state index in [1.54, 1.807) is 17.0 Å². The van der Waals surface area contributed by atoms with E-state index in [2.05, 4.69) is 30.9 Å². The average molecular weight is 491 g/mol. The van der Waals surface area contributed by atoms with Crippen LogP contribution in [0.4, 0.5) is 10.5 Å². The number of ether oxygens (including phenoxy) is 2. The van der Waals surface area contributed by atoms with Gasteiger partial charge in [0.25, 0.3) is 0 Å². The van der Waals surface area contributed by atoms with Gasteiger partial charge in [0.1, 0.15) is 11.4 Å². The summed E-state index contributed by atoms with van der Waals surface area (Å²) in [5, 5.41) is 9.14. The first kappa shape index (κ1) is 23.3. The fourth-order valence-corrected chi connectivity index (χ4v) is 5.95. The molecule has 0 aromatic heterocycles. The highest BCUT2D eigenvalue weighted by Gasteiger charge is 2.47. The van der Waals surface area contributed by atoms with Crippen molar-refractivity contribution >= 4 is 17.7 Å². The van der Waals surface area contributed by atoms with Gasteiger partial charge in [-0.3, -0.25) is 9.80 Å². The number of likely N-dealkylation sites (tertiary alicyclic amines) is 1. The number of nitrogens with zero attached hydrogens (tertiary/aromatic N) is 2. The standard InChI is InChI=1S/C29H34N2O5/c1-28(2)11-14-35-25-23(20-3-4-20)15-19(16-24(25)28)17-30-12-9-29(10-13-30)18-31(27(34)36-29)22-7-5-21(6-8-22)26(32)33/h5-8,15-16,20H,3-4,9-14,17-18H2,1-2H3,(H,32,33). The third kappa shape index (κ3) is 4.23. The van der Waals surface area contributed by atoms with Crippen LogP contribution < -0.4 is 9.64 Å². The Hall–Kier alpha value is -3.06. The molecule has 2 aromatic carbocycles. The first-order valence-corrected chi connectivity index (χ1v) is 13.1. The lowest BCUT2D eigenvalue weighted by Gasteiger charge is -2.38. The van der Waals surface area contributed by atoms with Crippen LogP contribution in [0.15, 0.2) is 36.4 Å². The molecule has 0 unspecified atom stereocenters. The van der Waals surface area contributed by atoms with E-state index in [1.165, 1.54) is 41.7 Å². The number of anilines is 1. The minimum Gasteiger partial charge on any atom is -0.493 e. The third-order valence-electron chi connectivity index (χ3n) is 8.47. The highest BCUT2D eigenvalue weighted by molar-refractivity contribution is 5.92. The molecule has 7 nitrogen and oxygen atoms in total. The summed E-state index contributed by atoms with van der Waals surface area (Å²) in [7, 11) is 0. The molecule has 1 aliphatic carbocycles. The Bertz CT molecular complexity index is 1190. The van der Waals surface area contributed by atoms with Gasteiger partial charge in [-0.25, -0.2) is 9.59 Å². The fourth-order valence-electron chi connectivity index (χ4n) is 5.95. The zero-order valence-corrected chi connectivity index (χ0v) is 21.1. The van der Waals surface area contributed by atoms with Crippen LogP contribution in [0.25, 0.3) is 0 Å². The van der Waals surface area contributed by atoms with Crippen molar-refractivity contribution in [1.29, 1.82) is 0 Å². The monoisotopic (exact) mass is 490 g/mol. The van der Waals surface area contributed by atoms with E-state index in [0.29, 0.717) is 18.2 Å². The molecule has 1 saturated carbocycles. The lowest BCUT2D eigenvalue weighted by atomic mass is 9.77. The van der Waals surface area contributed by atoms with E-state index in [0.717, 1.165) is 51.3 Å². The van der Waals surface area contributed by atoms with Gasteiger partial charge in [-0.2, -0.15) is 0 Å². The molecular formula is C29H34N2O5. The molecule has 3 heterocycles. The zero-order chi connectivity index (χ0) is 25.1. The number of hydrogen-bond acceptors (Lipinski definition) is 5. The number of piperidine rings is 1. The van der Waals surface area contributed by atoms with Crippen molar-refractivity contribution in [2.24, 2.45) is 0 Å². The predicted molar refractivity (Wildman–Crippen MR) is 136 cm³/mol. The Kier molecular flexibility index (Phi) is 5.52. The molecule has 1 N–H and O–H groups in total. The summed E-state index contributed by atoms with van der Waals surface area (Å²) >= 11 is 0. The molecule has 2 aromatic rings. The summed E-state index contributed by atoms with van der Waals surface area (Å²) in [6.45, 7) is 8.59. The maximum Gasteiger partial charge on any atom is 0.415 e. The molecule has 1 spiro atoms. The van der Waals surface area contributed by atoms with Gasteiger partial charge < -0.3 is 14.6 Å². The van der Waals surface area contributed by atoms with Crippen LogP contribution in [-0.4, -0.2) is 53.9 Å². The van der Waals surface area contributed by atoms with Crippen molar-refractivity contribution in [3.05, 3.63) is 58.7 Å². The van der Waals surface area contributed by atoms with Gasteiger partial charge in [-0.1, -0.05) is 26.0 Å². The van der Waals surface area contributed by atoms with Crippen molar-refractivity contribution in [3.63, 3.8) is 0 Å². The van der Waals surface area contributed by atoms with E-state index in [1.807, 2.05) is 0 Å². The smallest absolute Gasteiger partial charge is 0.415 e. The fraction of sp³-hybridized carbons (Fsp3) is 0.517. The highest BCUT2D eigenvalue weighted by Crippen LogP contribution is 2.50. The molecule has 0 bridgehead atoms. The Morgan fingerprint density at radius 1 is 1.08 bits per heavy atom. The summed E-state index contributed by atoms with van der Waals surface area (Å²) in [6, 6.07) is 11.1. The number of carboxylic acids is 1. The summed E-state index contributed by atoms with van der Waals surface area (Å²) in [4.78, 5) is 28.0. The van der Waals surface area contributed by atoms with Crippen molar-refractivity contribution in [2.45, 2.75) is 69.4 Å². The van der Waals surface area contributed by atoms with Crippen LogP contribution in [0, 0.1) is 0 Å². The number of aromatic carboxylic acids is 1. The van der Waals surface area contributed by atoms with E-state index in [4.69, 9.17) is 14.6 Å². The quantitative estimate of drug-likeness (QED) is 0.612. The van der Waals surface area contributed by atoms with Crippen LogP contribution in [0.5, 0.6) is 5.75 Å². The van der Waals surface area contributed by atoms with Crippen LogP contribution in [-0.2, 0) is 16.7 Å². The largest absolute Gasteiger partial charge is 0.493 e. The van der Waals surface area contributed by atoms with Gasteiger partial charge >= 0.3 is 12.1 Å². The maximum absolute atomic E-state index is 12.7. The molecule has 2 saturated heterocycles. The summed E-state index contributed by atoms with van der Waals surface area (Å²) in [5.74, 6) is 0.809. The number of carboxylic acid groups (broad SMARTS) is 1. The number of hydrogen-bond donors (Lipinski definition) is 1. The second-order valence-corrected chi connectivity index (χ2v) is 11.6. The van der Waals surface area contributed by atoms with Crippen LogP contribution in [0.3, 0.4) is 0 Å². The first-order valence-electron chi connectivity index (χ1n) is 13.1. The number of carbonyl (C=O) groups is 2. The normalized spacial score (nSPS) is 22.7. The minimum atomic E-state index is -0.978. The Morgan fingerprint density at radius 3 is 2.47 bits per heavy atom. The number of rotatable bonds is 5. The molecule has 190 valence electrons. The van der Waals surface area contributed by atoms with Gasteiger partial charge in [-0.15, -0.1) is 0 Å². The van der Waals surface area contributed by atoms with Gasteiger partial charge in [0, 0.05) is 43.7 Å². The topological polar surface area (TPSA) is 79.3 Å². The summed E-state index contributed by atoms with van der Waals surface area (Å²) in [6.07, 6.45) is 4.78. The molecular weight excluding hydrogens is 456 g/mol. The van der Waals surface area contributed by atoms with Crippen molar-refractivity contribution in [2.75, 3.05) is 31.1 Å². The van der Waals surface area contributed by atoms with Gasteiger partial charge in [0.15, 0.2) is 0 Å². The van der Waals surface area contributed by atoms with Gasteiger partial charge in [-0.05, 0) is 66.0 Å². The molecule has 7 heteroatoms. The Labute approximate surface area is 212 Å². The second-order valence-electron chi connectivity index (χ2n) is 11.6. The Morgan fingerprint density at radius 2 is 1.81 bits per heavy atom. The van der Waals surface area contributed by atoms with E-state index in [9.17, 15) is 9.59 Å². The van der Waals surface area contributed by atoms with Crippen molar-refractivity contribution < 1.29 is 24.2 Å².